The van der Waals surface area contributed by atoms with E-state index in [4.69, 9.17) is 0 Å². The Kier molecular flexibility index (Phi) is 9.08. The predicted molar refractivity (Wildman–Crippen MR) is 89.0 cm³/mol. The third kappa shape index (κ3) is 7.49. The summed E-state index contributed by atoms with van der Waals surface area (Å²) in [4.78, 5) is 7.60. The number of halogens is 3. The van der Waals surface area contributed by atoms with Gasteiger partial charge in [-0.2, -0.15) is 18.2 Å². The zero-order valence-corrected chi connectivity index (χ0v) is 14.7. The Labute approximate surface area is 142 Å². The van der Waals surface area contributed by atoms with E-state index in [9.17, 15) is 18.3 Å². The van der Waals surface area contributed by atoms with Crippen LogP contribution in [0.4, 0.5) is 13.2 Å². The Balaban J connectivity index is 2.84. The Bertz CT molecular complexity index is 466. The van der Waals surface area contributed by atoms with Crippen molar-refractivity contribution < 1.29 is 18.3 Å². The number of aromatic nitrogens is 2. The molecule has 1 aromatic rings. The van der Waals surface area contributed by atoms with Gasteiger partial charge in [0.1, 0.15) is 5.82 Å². The fraction of sp³-hybridized carbons (Fsp3) is 0.778. The first-order valence-corrected chi connectivity index (χ1v) is 9.03. The quantitative estimate of drug-likeness (QED) is 0.483. The van der Waals surface area contributed by atoms with Crippen LogP contribution in [0.2, 0.25) is 0 Å². The van der Waals surface area contributed by atoms with Crippen LogP contribution in [0.3, 0.4) is 0 Å². The van der Waals surface area contributed by atoms with Gasteiger partial charge in [-0.05, 0) is 12.8 Å². The van der Waals surface area contributed by atoms with E-state index in [1.807, 2.05) is 0 Å². The van der Waals surface area contributed by atoms with Gasteiger partial charge < -0.3 is 5.11 Å². The van der Waals surface area contributed by atoms with Crippen LogP contribution in [0.25, 0.3) is 0 Å². The zero-order valence-electron chi connectivity index (χ0n) is 14.7. The molecule has 0 aliphatic heterocycles. The first-order chi connectivity index (χ1) is 11.4. The average Bonchev–Trinajstić information content (AvgIpc) is 2.52. The van der Waals surface area contributed by atoms with E-state index in [2.05, 4.69) is 23.8 Å². The maximum atomic E-state index is 12.9. The van der Waals surface area contributed by atoms with Crippen LogP contribution >= 0.6 is 0 Å². The van der Waals surface area contributed by atoms with Gasteiger partial charge >= 0.3 is 6.18 Å². The summed E-state index contributed by atoms with van der Waals surface area (Å²) in [7, 11) is 0. The number of alkyl halides is 3. The van der Waals surface area contributed by atoms with Crippen LogP contribution in [-0.4, -0.2) is 15.1 Å². The van der Waals surface area contributed by atoms with Crippen molar-refractivity contribution in [3.8, 4) is 5.88 Å². The van der Waals surface area contributed by atoms with Crippen LogP contribution < -0.4 is 0 Å². The SMILES string of the molecule is CCCCCCC(CCCCCC)c1nc(O)cc(C(F)(F)F)n1. The van der Waals surface area contributed by atoms with E-state index in [1.165, 1.54) is 0 Å². The highest BCUT2D eigenvalue weighted by molar-refractivity contribution is 5.18. The molecule has 1 rings (SSSR count). The Morgan fingerprint density at radius 1 is 0.917 bits per heavy atom. The van der Waals surface area contributed by atoms with Crippen LogP contribution in [0, 0.1) is 0 Å². The van der Waals surface area contributed by atoms with Gasteiger partial charge in [0.25, 0.3) is 0 Å². The molecule has 1 heterocycles. The molecule has 6 heteroatoms. The van der Waals surface area contributed by atoms with Gasteiger partial charge in [-0.1, -0.05) is 65.2 Å². The largest absolute Gasteiger partial charge is 0.493 e. The normalized spacial score (nSPS) is 12.1. The Hall–Kier alpha value is -1.33. The lowest BCUT2D eigenvalue weighted by Crippen LogP contribution is -2.13. The third-order valence-electron chi connectivity index (χ3n) is 4.20. The van der Waals surface area contributed by atoms with E-state index in [0.29, 0.717) is 6.07 Å². The van der Waals surface area contributed by atoms with Crippen molar-refractivity contribution >= 4 is 0 Å². The van der Waals surface area contributed by atoms with Crippen molar-refractivity contribution in [2.75, 3.05) is 0 Å². The second-order valence-corrected chi connectivity index (χ2v) is 6.36. The van der Waals surface area contributed by atoms with Crippen molar-refractivity contribution in [1.82, 2.24) is 9.97 Å². The second kappa shape index (κ2) is 10.5. The van der Waals surface area contributed by atoms with Gasteiger partial charge in [-0.3, -0.25) is 0 Å². The van der Waals surface area contributed by atoms with Crippen LogP contribution in [0.1, 0.15) is 95.5 Å². The first-order valence-electron chi connectivity index (χ1n) is 9.03. The molecule has 1 aromatic heterocycles. The summed E-state index contributed by atoms with van der Waals surface area (Å²) in [6.45, 7) is 4.24. The molecular weight excluding hydrogens is 317 g/mol. The summed E-state index contributed by atoms with van der Waals surface area (Å²) < 4.78 is 38.7. The minimum atomic E-state index is -4.57. The lowest BCUT2D eigenvalue weighted by Gasteiger charge is -2.17. The Morgan fingerprint density at radius 2 is 1.46 bits per heavy atom. The summed E-state index contributed by atoms with van der Waals surface area (Å²) in [6.07, 6.45) is 5.47. The number of nitrogens with zero attached hydrogens (tertiary/aromatic N) is 2. The molecule has 0 bridgehead atoms. The monoisotopic (exact) mass is 346 g/mol. The van der Waals surface area contributed by atoms with Gasteiger partial charge in [-0.15, -0.1) is 0 Å². The highest BCUT2D eigenvalue weighted by Gasteiger charge is 2.34. The standard InChI is InChI=1S/C18H29F3N2O/c1-3-5-7-9-11-14(12-10-8-6-4-2)17-22-15(18(19,20)21)13-16(24)23-17/h13-14H,3-12H2,1-2H3,(H,22,23,24). The summed E-state index contributed by atoms with van der Waals surface area (Å²) in [5.74, 6) is -0.582. The lowest BCUT2D eigenvalue weighted by molar-refractivity contribution is -0.141. The molecule has 0 saturated heterocycles. The van der Waals surface area contributed by atoms with Gasteiger partial charge in [-0.25, -0.2) is 4.98 Å². The van der Waals surface area contributed by atoms with Crippen LogP contribution in [-0.2, 0) is 6.18 Å². The van der Waals surface area contributed by atoms with E-state index in [1.54, 1.807) is 0 Å². The molecule has 0 fully saturated rings. The molecular formula is C18H29F3N2O. The number of rotatable bonds is 11. The summed E-state index contributed by atoms with van der Waals surface area (Å²) >= 11 is 0. The molecule has 0 unspecified atom stereocenters. The first kappa shape index (κ1) is 20.7. The predicted octanol–water partition coefficient (Wildman–Crippen LogP) is 6.23. The minimum Gasteiger partial charge on any atom is -0.493 e. The highest BCUT2D eigenvalue weighted by atomic mass is 19.4. The van der Waals surface area contributed by atoms with Crippen molar-refractivity contribution in [2.45, 2.75) is 90.1 Å². The maximum absolute atomic E-state index is 12.9. The van der Waals surface area contributed by atoms with Crippen LogP contribution in [0.15, 0.2) is 6.07 Å². The van der Waals surface area contributed by atoms with Crippen molar-refractivity contribution in [1.29, 1.82) is 0 Å². The van der Waals surface area contributed by atoms with Gasteiger partial charge in [0, 0.05) is 12.0 Å². The number of hydrogen-bond acceptors (Lipinski definition) is 3. The molecule has 0 radical (unpaired) electrons. The minimum absolute atomic E-state index is 0.119. The average molecular weight is 346 g/mol. The second-order valence-electron chi connectivity index (χ2n) is 6.36. The molecule has 138 valence electrons. The van der Waals surface area contributed by atoms with Crippen molar-refractivity contribution in [3.05, 3.63) is 17.6 Å². The van der Waals surface area contributed by atoms with E-state index >= 15 is 0 Å². The number of unbranched alkanes of at least 4 members (excludes halogenated alkanes) is 6. The van der Waals surface area contributed by atoms with Gasteiger partial charge in [0.2, 0.25) is 5.88 Å². The van der Waals surface area contributed by atoms with E-state index < -0.39 is 17.8 Å². The van der Waals surface area contributed by atoms with Crippen molar-refractivity contribution in [2.24, 2.45) is 0 Å². The molecule has 3 nitrogen and oxygen atoms in total. The molecule has 0 amide bonds. The highest BCUT2D eigenvalue weighted by Crippen LogP contribution is 2.33. The molecule has 1 N–H and O–H groups in total. The fourth-order valence-electron chi connectivity index (χ4n) is 2.82. The van der Waals surface area contributed by atoms with Crippen LogP contribution in [0.5, 0.6) is 5.88 Å². The van der Waals surface area contributed by atoms with E-state index in [0.717, 1.165) is 64.2 Å². The van der Waals surface area contributed by atoms with Crippen molar-refractivity contribution in [3.63, 3.8) is 0 Å². The molecule has 0 aliphatic carbocycles. The Morgan fingerprint density at radius 3 is 1.92 bits per heavy atom. The molecule has 0 aromatic carbocycles. The molecule has 0 aliphatic rings. The van der Waals surface area contributed by atoms with Gasteiger partial charge in [0.05, 0.1) is 0 Å². The third-order valence-corrected chi connectivity index (χ3v) is 4.20. The maximum Gasteiger partial charge on any atom is 0.433 e. The lowest BCUT2D eigenvalue weighted by atomic mass is 9.93. The summed E-state index contributed by atoms with van der Waals surface area (Å²) in [5.41, 5.74) is -1.06. The zero-order chi connectivity index (χ0) is 18.0. The summed E-state index contributed by atoms with van der Waals surface area (Å²) in [6, 6.07) is 0.592. The topological polar surface area (TPSA) is 46.0 Å². The molecule has 0 saturated carbocycles. The van der Waals surface area contributed by atoms with Gasteiger partial charge in [0.15, 0.2) is 5.69 Å². The number of hydrogen-bond donors (Lipinski definition) is 1. The summed E-state index contributed by atoms with van der Waals surface area (Å²) in [5, 5.41) is 9.57. The fourth-order valence-corrected chi connectivity index (χ4v) is 2.82. The van der Waals surface area contributed by atoms with E-state index in [-0.39, 0.29) is 11.7 Å². The molecule has 24 heavy (non-hydrogen) atoms. The molecule has 0 spiro atoms. The smallest absolute Gasteiger partial charge is 0.433 e. The number of aromatic hydroxyl groups is 1. The molecule has 0 atom stereocenters.